The summed E-state index contributed by atoms with van der Waals surface area (Å²) in [6.07, 6.45) is 4.05. The van der Waals surface area contributed by atoms with Gasteiger partial charge in [0.25, 0.3) is 0 Å². The topological polar surface area (TPSA) is 80.6 Å². The predicted octanol–water partition coefficient (Wildman–Crippen LogP) is 1.69. The molecular weight excluding hydrogens is 268 g/mol. The van der Waals surface area contributed by atoms with E-state index in [2.05, 4.69) is 15.0 Å². The largest absolute Gasteiger partial charge is 0.328 e. The van der Waals surface area contributed by atoms with Gasteiger partial charge >= 0.3 is 5.69 Å². The second-order valence-electron chi connectivity index (χ2n) is 5.13. The van der Waals surface area contributed by atoms with E-state index in [4.69, 9.17) is 0 Å². The Labute approximate surface area is 119 Å². The van der Waals surface area contributed by atoms with Gasteiger partial charge in [-0.1, -0.05) is 24.3 Å². The highest BCUT2D eigenvalue weighted by molar-refractivity contribution is 5.98. The van der Waals surface area contributed by atoms with Gasteiger partial charge in [-0.05, 0) is 12.0 Å². The molecule has 104 valence electrons. The van der Waals surface area contributed by atoms with Gasteiger partial charge in [0.05, 0.1) is 12.2 Å². The molecule has 3 aromatic rings. The van der Waals surface area contributed by atoms with Crippen LogP contribution in [-0.2, 0) is 0 Å². The molecule has 0 radical (unpaired) electrons. The number of Topliss-reactive ketones (excluding diaryl/α,β-unsaturated/α-hetero) is 1. The zero-order chi connectivity index (χ0) is 14.4. The van der Waals surface area contributed by atoms with Crippen LogP contribution in [-0.4, -0.2) is 25.3 Å². The fraction of sp³-hybridized carbons (Fsp3) is 0.200. The van der Waals surface area contributed by atoms with E-state index < -0.39 is 0 Å². The third-order valence-electron chi connectivity index (χ3n) is 3.96. The zero-order valence-corrected chi connectivity index (χ0v) is 11.1. The molecule has 1 aliphatic carbocycles. The first-order valence-electron chi connectivity index (χ1n) is 6.78. The summed E-state index contributed by atoms with van der Waals surface area (Å²) < 4.78 is 1.63. The average Bonchev–Trinajstić information content (AvgIpc) is 2.84. The number of H-pyrrole nitrogens is 1. The number of nitrogens with one attached hydrogen (secondary N) is 1. The Kier molecular flexibility index (Phi) is 2.50. The number of nitrogens with zero attached hydrogens (tertiary/aromatic N) is 3. The number of aromatic nitrogens is 4. The Morgan fingerprint density at radius 3 is 3.00 bits per heavy atom. The molecule has 0 spiro atoms. The van der Waals surface area contributed by atoms with Crippen LogP contribution in [0.4, 0.5) is 0 Å². The zero-order valence-electron chi connectivity index (χ0n) is 11.1. The Balaban J connectivity index is 1.98. The maximum atomic E-state index is 12.3. The first-order chi connectivity index (χ1) is 10.3. The van der Waals surface area contributed by atoms with Gasteiger partial charge in [-0.15, -0.1) is 0 Å². The monoisotopic (exact) mass is 280 g/mol. The summed E-state index contributed by atoms with van der Waals surface area (Å²) in [5.74, 6) is 0.129. The standard InChI is InChI=1S/C15H12N4O2/c20-13-6-5-12(9-3-1-2-4-10(9)13)19-14-11(18-15(19)21)7-16-8-17-14/h1-4,7-8,12H,5-6H2,(H,18,21)/t12-/m1/s1. The highest BCUT2D eigenvalue weighted by Gasteiger charge is 2.28. The molecule has 0 unspecified atom stereocenters. The summed E-state index contributed by atoms with van der Waals surface area (Å²) in [6.45, 7) is 0. The molecule has 0 amide bonds. The van der Waals surface area contributed by atoms with E-state index >= 15 is 0 Å². The molecule has 0 fully saturated rings. The summed E-state index contributed by atoms with van der Waals surface area (Å²) >= 11 is 0. The minimum absolute atomic E-state index is 0.129. The van der Waals surface area contributed by atoms with E-state index in [0.717, 1.165) is 5.56 Å². The average molecular weight is 280 g/mol. The number of carbonyl (C=O) groups is 1. The fourth-order valence-electron chi connectivity index (χ4n) is 3.03. The minimum Gasteiger partial charge on any atom is -0.303 e. The van der Waals surface area contributed by atoms with Crippen molar-refractivity contribution >= 4 is 16.9 Å². The van der Waals surface area contributed by atoms with Gasteiger partial charge in [0, 0.05) is 12.0 Å². The Morgan fingerprint density at radius 2 is 2.10 bits per heavy atom. The number of aromatic amines is 1. The predicted molar refractivity (Wildman–Crippen MR) is 76.3 cm³/mol. The van der Waals surface area contributed by atoms with Gasteiger partial charge < -0.3 is 4.98 Å². The summed E-state index contributed by atoms with van der Waals surface area (Å²) in [5, 5.41) is 0. The quantitative estimate of drug-likeness (QED) is 0.735. The van der Waals surface area contributed by atoms with Crippen molar-refractivity contribution in [3.05, 3.63) is 58.4 Å². The van der Waals surface area contributed by atoms with Gasteiger partial charge in [-0.3, -0.25) is 9.36 Å². The number of hydrogen-bond donors (Lipinski definition) is 1. The molecule has 21 heavy (non-hydrogen) atoms. The van der Waals surface area contributed by atoms with Crippen LogP contribution in [0.1, 0.15) is 34.8 Å². The van der Waals surface area contributed by atoms with Crippen molar-refractivity contribution < 1.29 is 4.79 Å². The second-order valence-corrected chi connectivity index (χ2v) is 5.13. The van der Waals surface area contributed by atoms with Crippen molar-refractivity contribution in [2.24, 2.45) is 0 Å². The Hall–Kier alpha value is -2.76. The molecule has 6 nitrogen and oxygen atoms in total. The number of fused-ring (bicyclic) bond motifs is 2. The van der Waals surface area contributed by atoms with Crippen LogP contribution in [0.3, 0.4) is 0 Å². The molecule has 2 aromatic heterocycles. The number of carbonyl (C=O) groups excluding carboxylic acids is 1. The van der Waals surface area contributed by atoms with Gasteiger partial charge in [-0.2, -0.15) is 0 Å². The van der Waals surface area contributed by atoms with Crippen LogP contribution in [0.5, 0.6) is 0 Å². The van der Waals surface area contributed by atoms with E-state index in [1.54, 1.807) is 10.8 Å². The van der Waals surface area contributed by atoms with E-state index in [1.807, 2.05) is 24.3 Å². The van der Waals surface area contributed by atoms with Crippen molar-refractivity contribution in [2.75, 3.05) is 0 Å². The Morgan fingerprint density at radius 1 is 1.24 bits per heavy atom. The third-order valence-corrected chi connectivity index (χ3v) is 3.96. The summed E-state index contributed by atoms with van der Waals surface area (Å²) in [5.41, 5.74) is 2.54. The lowest BCUT2D eigenvalue weighted by Gasteiger charge is -2.25. The molecule has 0 bridgehead atoms. The number of benzene rings is 1. The highest BCUT2D eigenvalue weighted by atomic mass is 16.1. The van der Waals surface area contributed by atoms with Gasteiger partial charge in [0.1, 0.15) is 11.8 Å². The molecule has 1 atom stereocenters. The number of rotatable bonds is 1. The van der Waals surface area contributed by atoms with Crippen molar-refractivity contribution in [3.8, 4) is 0 Å². The van der Waals surface area contributed by atoms with E-state index in [-0.39, 0.29) is 17.5 Å². The number of hydrogen-bond acceptors (Lipinski definition) is 4. The molecule has 1 N–H and O–H groups in total. The van der Waals surface area contributed by atoms with Crippen LogP contribution in [0.25, 0.3) is 11.2 Å². The molecule has 2 heterocycles. The first-order valence-corrected chi connectivity index (χ1v) is 6.78. The normalized spacial score (nSPS) is 17.9. The lowest BCUT2D eigenvalue weighted by molar-refractivity contribution is 0.0964. The lowest BCUT2D eigenvalue weighted by Crippen LogP contribution is -2.28. The maximum absolute atomic E-state index is 12.3. The van der Waals surface area contributed by atoms with Crippen LogP contribution in [0, 0.1) is 0 Å². The van der Waals surface area contributed by atoms with E-state index in [1.165, 1.54) is 6.33 Å². The van der Waals surface area contributed by atoms with E-state index in [9.17, 15) is 9.59 Å². The summed E-state index contributed by atoms with van der Waals surface area (Å²) in [4.78, 5) is 35.2. The molecule has 0 saturated heterocycles. The number of ketones is 1. The van der Waals surface area contributed by atoms with Crippen LogP contribution >= 0.6 is 0 Å². The van der Waals surface area contributed by atoms with Crippen molar-refractivity contribution in [1.82, 2.24) is 19.5 Å². The first kappa shape index (κ1) is 12.0. The van der Waals surface area contributed by atoms with Gasteiger partial charge in [-0.25, -0.2) is 14.8 Å². The van der Waals surface area contributed by atoms with Crippen LogP contribution in [0.2, 0.25) is 0 Å². The van der Waals surface area contributed by atoms with Crippen LogP contribution in [0.15, 0.2) is 41.6 Å². The van der Waals surface area contributed by atoms with E-state index in [0.29, 0.717) is 29.6 Å². The molecule has 0 aliphatic heterocycles. The highest BCUT2D eigenvalue weighted by Crippen LogP contribution is 2.33. The third kappa shape index (κ3) is 1.72. The number of imidazole rings is 1. The second kappa shape index (κ2) is 4.37. The molecule has 1 aromatic carbocycles. The summed E-state index contributed by atoms with van der Waals surface area (Å²) in [6, 6.07) is 7.29. The smallest absolute Gasteiger partial charge is 0.303 e. The van der Waals surface area contributed by atoms with Crippen molar-refractivity contribution in [1.29, 1.82) is 0 Å². The van der Waals surface area contributed by atoms with Crippen molar-refractivity contribution in [2.45, 2.75) is 18.9 Å². The van der Waals surface area contributed by atoms with Crippen molar-refractivity contribution in [3.63, 3.8) is 0 Å². The van der Waals surface area contributed by atoms with Crippen LogP contribution < -0.4 is 5.69 Å². The molecular formula is C15H12N4O2. The minimum atomic E-state index is -0.223. The molecule has 6 heteroatoms. The molecule has 4 rings (SSSR count). The van der Waals surface area contributed by atoms with Gasteiger partial charge in [0.2, 0.25) is 0 Å². The Bertz CT molecular complexity index is 909. The van der Waals surface area contributed by atoms with Gasteiger partial charge in [0.15, 0.2) is 11.4 Å². The summed E-state index contributed by atoms with van der Waals surface area (Å²) in [7, 11) is 0. The maximum Gasteiger partial charge on any atom is 0.328 e. The molecule has 1 aliphatic rings. The SMILES string of the molecule is O=C1CC[C@@H](n2c(=O)[nH]c3cncnc32)c2ccccc21. The fourth-order valence-corrected chi connectivity index (χ4v) is 3.03. The lowest BCUT2D eigenvalue weighted by atomic mass is 9.86. The molecule has 0 saturated carbocycles.